The van der Waals surface area contributed by atoms with Crippen LogP contribution in [0.2, 0.25) is 0 Å². The van der Waals surface area contributed by atoms with Crippen LogP contribution in [0.15, 0.2) is 28.7 Å². The second-order valence-electron chi connectivity index (χ2n) is 3.18. The van der Waals surface area contributed by atoms with Crippen LogP contribution in [0.3, 0.4) is 0 Å². The fraction of sp³-hybridized carbons (Fsp3) is 0.364. The number of hydrogen-bond donors (Lipinski definition) is 1. The molecule has 0 spiro atoms. The lowest BCUT2D eigenvalue weighted by atomic mass is 10.2. The SMILES string of the molecule is O=C(O)CCCOCc1ccc(Br)cc1. The van der Waals surface area contributed by atoms with E-state index in [0.717, 1.165) is 10.0 Å². The first kappa shape index (κ1) is 12.2. The third-order valence-corrected chi connectivity index (χ3v) is 2.39. The third kappa shape index (κ3) is 5.54. The van der Waals surface area contributed by atoms with Crippen molar-refractivity contribution < 1.29 is 14.6 Å². The fourth-order valence-electron chi connectivity index (χ4n) is 1.10. The van der Waals surface area contributed by atoms with Crippen molar-refractivity contribution in [3.8, 4) is 0 Å². The number of carbonyl (C=O) groups is 1. The Bertz CT molecular complexity index is 308. The molecule has 1 N–H and O–H groups in total. The molecular formula is C11H13BrO3. The Kier molecular flexibility index (Phi) is 5.36. The lowest BCUT2D eigenvalue weighted by molar-refractivity contribution is -0.137. The highest BCUT2D eigenvalue weighted by Crippen LogP contribution is 2.11. The first-order chi connectivity index (χ1) is 7.18. The molecule has 0 saturated heterocycles. The molecule has 0 aliphatic heterocycles. The van der Waals surface area contributed by atoms with Gasteiger partial charge in [0.15, 0.2) is 0 Å². The summed E-state index contributed by atoms with van der Waals surface area (Å²) in [6.45, 7) is 1.02. The summed E-state index contributed by atoms with van der Waals surface area (Å²) in [6.07, 6.45) is 0.728. The van der Waals surface area contributed by atoms with Crippen LogP contribution in [0.1, 0.15) is 18.4 Å². The molecule has 0 radical (unpaired) electrons. The zero-order valence-electron chi connectivity index (χ0n) is 8.28. The Morgan fingerprint density at radius 1 is 1.33 bits per heavy atom. The van der Waals surface area contributed by atoms with Crippen molar-refractivity contribution in [3.63, 3.8) is 0 Å². The van der Waals surface area contributed by atoms with Crippen LogP contribution in [0.5, 0.6) is 0 Å². The van der Waals surface area contributed by atoms with Gasteiger partial charge in [-0.1, -0.05) is 28.1 Å². The van der Waals surface area contributed by atoms with E-state index >= 15 is 0 Å². The minimum absolute atomic E-state index is 0.167. The molecular weight excluding hydrogens is 260 g/mol. The molecule has 0 unspecified atom stereocenters. The standard InChI is InChI=1S/C11H13BrO3/c12-10-5-3-9(4-6-10)8-15-7-1-2-11(13)14/h3-6H,1-2,7-8H2,(H,13,14). The monoisotopic (exact) mass is 272 g/mol. The van der Waals surface area contributed by atoms with Crippen molar-refractivity contribution in [2.75, 3.05) is 6.61 Å². The molecule has 0 bridgehead atoms. The number of ether oxygens (including phenoxy) is 1. The Hall–Kier alpha value is -0.870. The molecule has 0 aromatic heterocycles. The molecule has 1 aromatic rings. The van der Waals surface area contributed by atoms with Crippen LogP contribution in [-0.4, -0.2) is 17.7 Å². The summed E-state index contributed by atoms with van der Waals surface area (Å²) in [5.74, 6) is -0.776. The van der Waals surface area contributed by atoms with Gasteiger partial charge in [0.25, 0.3) is 0 Å². The summed E-state index contributed by atoms with van der Waals surface area (Å²) in [6, 6.07) is 7.86. The molecule has 4 heteroatoms. The number of carboxylic acid groups (broad SMARTS) is 1. The topological polar surface area (TPSA) is 46.5 Å². The molecule has 0 aliphatic rings. The maximum absolute atomic E-state index is 10.2. The van der Waals surface area contributed by atoms with Gasteiger partial charge in [0, 0.05) is 17.5 Å². The number of benzene rings is 1. The van der Waals surface area contributed by atoms with E-state index < -0.39 is 5.97 Å². The van der Waals surface area contributed by atoms with Crippen LogP contribution in [0.4, 0.5) is 0 Å². The van der Waals surface area contributed by atoms with Crippen molar-refractivity contribution in [1.82, 2.24) is 0 Å². The predicted octanol–water partition coefficient (Wildman–Crippen LogP) is 2.83. The normalized spacial score (nSPS) is 10.2. The summed E-state index contributed by atoms with van der Waals surface area (Å²) in [4.78, 5) is 10.2. The van der Waals surface area contributed by atoms with Gasteiger partial charge in [-0.15, -0.1) is 0 Å². The van der Waals surface area contributed by atoms with Gasteiger partial charge in [-0.2, -0.15) is 0 Å². The number of halogens is 1. The molecule has 1 aromatic carbocycles. The molecule has 15 heavy (non-hydrogen) atoms. The molecule has 0 aliphatic carbocycles. The zero-order valence-corrected chi connectivity index (χ0v) is 9.87. The van der Waals surface area contributed by atoms with Crippen LogP contribution >= 0.6 is 15.9 Å². The predicted molar refractivity (Wildman–Crippen MR) is 60.7 cm³/mol. The van der Waals surface area contributed by atoms with Crippen molar-refractivity contribution in [2.45, 2.75) is 19.4 Å². The van der Waals surface area contributed by atoms with Gasteiger partial charge < -0.3 is 9.84 Å². The first-order valence-corrected chi connectivity index (χ1v) is 5.52. The molecule has 0 heterocycles. The second kappa shape index (κ2) is 6.58. The Morgan fingerprint density at radius 2 is 2.00 bits per heavy atom. The van der Waals surface area contributed by atoms with Crippen LogP contribution in [0.25, 0.3) is 0 Å². The van der Waals surface area contributed by atoms with Gasteiger partial charge in [-0.05, 0) is 24.1 Å². The van der Waals surface area contributed by atoms with E-state index in [1.165, 1.54) is 0 Å². The Labute approximate surface area is 97.2 Å². The number of rotatable bonds is 6. The van der Waals surface area contributed by atoms with E-state index in [1.807, 2.05) is 24.3 Å². The second-order valence-corrected chi connectivity index (χ2v) is 4.09. The molecule has 0 atom stereocenters. The number of carboxylic acids is 1. The minimum Gasteiger partial charge on any atom is -0.481 e. The van der Waals surface area contributed by atoms with Gasteiger partial charge in [0.05, 0.1) is 6.61 Å². The molecule has 0 amide bonds. The summed E-state index contributed by atoms with van der Waals surface area (Å²) in [5.41, 5.74) is 1.09. The van der Waals surface area contributed by atoms with E-state index in [-0.39, 0.29) is 6.42 Å². The van der Waals surface area contributed by atoms with Crippen molar-refractivity contribution in [2.24, 2.45) is 0 Å². The van der Waals surface area contributed by atoms with E-state index in [1.54, 1.807) is 0 Å². The van der Waals surface area contributed by atoms with Gasteiger partial charge in [-0.25, -0.2) is 0 Å². The smallest absolute Gasteiger partial charge is 0.303 e. The van der Waals surface area contributed by atoms with Gasteiger partial charge >= 0.3 is 5.97 Å². The van der Waals surface area contributed by atoms with Crippen molar-refractivity contribution in [1.29, 1.82) is 0 Å². The average Bonchev–Trinajstić information content (AvgIpc) is 2.20. The maximum atomic E-state index is 10.2. The molecule has 0 fully saturated rings. The molecule has 82 valence electrons. The van der Waals surface area contributed by atoms with Crippen molar-refractivity contribution >= 4 is 21.9 Å². The lowest BCUT2D eigenvalue weighted by Crippen LogP contribution is -2.00. The zero-order chi connectivity index (χ0) is 11.1. The Morgan fingerprint density at radius 3 is 2.60 bits per heavy atom. The number of hydrogen-bond acceptors (Lipinski definition) is 2. The summed E-state index contributed by atoms with van der Waals surface area (Å²) >= 11 is 3.35. The highest BCUT2D eigenvalue weighted by molar-refractivity contribution is 9.10. The van der Waals surface area contributed by atoms with Crippen LogP contribution in [-0.2, 0) is 16.1 Å². The summed E-state index contributed by atoms with van der Waals surface area (Å²) < 4.78 is 6.37. The van der Waals surface area contributed by atoms with E-state index in [4.69, 9.17) is 9.84 Å². The third-order valence-electron chi connectivity index (χ3n) is 1.86. The highest BCUT2D eigenvalue weighted by Gasteiger charge is 1.97. The summed E-state index contributed by atoms with van der Waals surface area (Å²) in [5, 5.41) is 8.40. The van der Waals surface area contributed by atoms with E-state index in [2.05, 4.69) is 15.9 Å². The van der Waals surface area contributed by atoms with Gasteiger partial charge in [0.1, 0.15) is 0 Å². The molecule has 3 nitrogen and oxygen atoms in total. The number of aliphatic carboxylic acids is 1. The maximum Gasteiger partial charge on any atom is 0.303 e. The Balaban J connectivity index is 2.15. The van der Waals surface area contributed by atoms with Crippen LogP contribution < -0.4 is 0 Å². The fourth-order valence-corrected chi connectivity index (χ4v) is 1.36. The lowest BCUT2D eigenvalue weighted by Gasteiger charge is -2.03. The highest BCUT2D eigenvalue weighted by atomic mass is 79.9. The van der Waals surface area contributed by atoms with Crippen molar-refractivity contribution in [3.05, 3.63) is 34.3 Å². The van der Waals surface area contributed by atoms with Gasteiger partial charge in [-0.3, -0.25) is 4.79 Å². The summed E-state index contributed by atoms with van der Waals surface area (Å²) in [7, 11) is 0. The van der Waals surface area contributed by atoms with Crippen LogP contribution in [0, 0.1) is 0 Å². The first-order valence-electron chi connectivity index (χ1n) is 4.72. The quantitative estimate of drug-likeness (QED) is 0.811. The molecule has 0 saturated carbocycles. The minimum atomic E-state index is -0.776. The van der Waals surface area contributed by atoms with Gasteiger partial charge in [0.2, 0.25) is 0 Å². The average molecular weight is 273 g/mol. The van der Waals surface area contributed by atoms with E-state index in [0.29, 0.717) is 19.6 Å². The largest absolute Gasteiger partial charge is 0.481 e. The van der Waals surface area contributed by atoms with E-state index in [9.17, 15) is 4.79 Å². The molecule has 1 rings (SSSR count).